The molecule has 5 nitrogen and oxygen atoms in total. The molecule has 2 aromatic carbocycles. The van der Waals surface area contributed by atoms with Crippen molar-refractivity contribution in [3.63, 3.8) is 0 Å². The van der Waals surface area contributed by atoms with Gasteiger partial charge in [-0.3, -0.25) is 4.79 Å². The molecule has 1 amide bonds. The molecule has 3 rings (SSSR count). The average molecular weight is 440 g/mol. The third-order valence-electron chi connectivity index (χ3n) is 4.48. The summed E-state index contributed by atoms with van der Waals surface area (Å²) in [6.45, 7) is 1.49. The lowest BCUT2D eigenvalue weighted by atomic mass is 10.00. The second-order valence-electron chi connectivity index (χ2n) is 6.62. The van der Waals surface area contributed by atoms with Crippen molar-refractivity contribution in [1.29, 1.82) is 0 Å². The number of alkyl halides is 3. The lowest BCUT2D eigenvalue weighted by molar-refractivity contribution is -0.137. The van der Waals surface area contributed by atoms with Crippen molar-refractivity contribution in [2.24, 2.45) is 0 Å². The number of nitrogens with one attached hydrogen (secondary N) is 2. The first kappa shape index (κ1) is 21.6. The highest BCUT2D eigenvalue weighted by molar-refractivity contribution is 7.90. The van der Waals surface area contributed by atoms with Crippen LogP contribution >= 0.6 is 0 Å². The van der Waals surface area contributed by atoms with E-state index in [0.29, 0.717) is 0 Å². The summed E-state index contributed by atoms with van der Waals surface area (Å²) >= 11 is 0. The molecule has 1 aromatic heterocycles. The van der Waals surface area contributed by atoms with Gasteiger partial charge in [0.15, 0.2) is 9.84 Å². The van der Waals surface area contributed by atoms with Gasteiger partial charge in [-0.25, -0.2) is 12.8 Å². The first-order valence-electron chi connectivity index (χ1n) is 8.55. The molecule has 0 aliphatic heterocycles. The van der Waals surface area contributed by atoms with Crippen LogP contribution in [0, 0.1) is 12.7 Å². The molecule has 0 saturated carbocycles. The Morgan fingerprint density at radius 1 is 1.10 bits per heavy atom. The predicted molar refractivity (Wildman–Crippen MR) is 103 cm³/mol. The maximum absolute atomic E-state index is 14.0. The Hall–Kier alpha value is -3.14. The fourth-order valence-corrected chi connectivity index (χ4v) is 3.77. The number of hydrogen-bond donors (Lipinski definition) is 2. The molecule has 0 saturated heterocycles. The molecule has 1 heterocycles. The molecule has 2 N–H and O–H groups in total. The Morgan fingerprint density at radius 2 is 1.77 bits per heavy atom. The van der Waals surface area contributed by atoms with Crippen LogP contribution in [0.4, 0.5) is 23.2 Å². The van der Waals surface area contributed by atoms with E-state index in [4.69, 9.17) is 0 Å². The smallest absolute Gasteiger partial charge is 0.360 e. The van der Waals surface area contributed by atoms with Gasteiger partial charge in [-0.1, -0.05) is 18.2 Å². The summed E-state index contributed by atoms with van der Waals surface area (Å²) in [7, 11) is -3.77. The topological polar surface area (TPSA) is 79.0 Å². The van der Waals surface area contributed by atoms with Gasteiger partial charge in [0.05, 0.1) is 11.1 Å². The second-order valence-corrected chi connectivity index (χ2v) is 8.60. The third kappa shape index (κ3) is 4.23. The summed E-state index contributed by atoms with van der Waals surface area (Å²) in [4.78, 5) is 14.7. The number of anilines is 1. The van der Waals surface area contributed by atoms with E-state index < -0.39 is 38.2 Å². The first-order valence-corrected chi connectivity index (χ1v) is 10.4. The van der Waals surface area contributed by atoms with Crippen molar-refractivity contribution in [1.82, 2.24) is 4.98 Å². The summed E-state index contributed by atoms with van der Waals surface area (Å²) in [5, 5.41) is 2.41. The Labute approximate surface area is 169 Å². The van der Waals surface area contributed by atoms with Gasteiger partial charge in [-0.15, -0.1) is 0 Å². The van der Waals surface area contributed by atoms with Gasteiger partial charge in [0, 0.05) is 29.4 Å². The maximum atomic E-state index is 14.0. The van der Waals surface area contributed by atoms with Crippen LogP contribution in [0.2, 0.25) is 0 Å². The quantitative estimate of drug-likeness (QED) is 0.572. The van der Waals surface area contributed by atoms with Crippen LogP contribution < -0.4 is 5.32 Å². The molecular formula is C20H16F4N2O3S. The van der Waals surface area contributed by atoms with Crippen molar-refractivity contribution in [2.45, 2.75) is 18.0 Å². The minimum Gasteiger partial charge on any atom is -0.360 e. The number of sulfone groups is 1. The highest BCUT2D eigenvalue weighted by Crippen LogP contribution is 2.38. The van der Waals surface area contributed by atoms with Crippen LogP contribution in [0.15, 0.2) is 53.6 Å². The van der Waals surface area contributed by atoms with Crippen molar-refractivity contribution in [3.05, 3.63) is 71.2 Å². The molecule has 158 valence electrons. The molecule has 3 aromatic rings. The van der Waals surface area contributed by atoms with Crippen LogP contribution in [0.5, 0.6) is 0 Å². The molecule has 0 fully saturated rings. The van der Waals surface area contributed by atoms with Crippen LogP contribution in [0.25, 0.3) is 11.3 Å². The second kappa shape index (κ2) is 7.60. The number of amides is 1. The average Bonchev–Trinajstić information content (AvgIpc) is 3.01. The van der Waals surface area contributed by atoms with Crippen molar-refractivity contribution in [3.8, 4) is 11.3 Å². The van der Waals surface area contributed by atoms with E-state index in [0.717, 1.165) is 24.5 Å². The molecule has 0 unspecified atom stereocenters. The number of carbonyl (C=O) groups is 1. The van der Waals surface area contributed by atoms with Crippen molar-refractivity contribution >= 4 is 21.4 Å². The van der Waals surface area contributed by atoms with Crippen LogP contribution in [0.3, 0.4) is 0 Å². The fourth-order valence-electron chi connectivity index (χ4n) is 3.04. The van der Waals surface area contributed by atoms with E-state index in [2.05, 4.69) is 10.3 Å². The number of hydrogen-bond acceptors (Lipinski definition) is 3. The van der Waals surface area contributed by atoms with E-state index in [1.54, 1.807) is 0 Å². The molecule has 0 bridgehead atoms. The summed E-state index contributed by atoms with van der Waals surface area (Å²) in [6.07, 6.45) is -2.46. The number of rotatable bonds is 4. The monoisotopic (exact) mass is 440 g/mol. The largest absolute Gasteiger partial charge is 0.417 e. The normalized spacial score (nSPS) is 12.1. The van der Waals surface area contributed by atoms with Crippen molar-refractivity contribution in [2.75, 3.05) is 11.6 Å². The first-order chi connectivity index (χ1) is 13.9. The van der Waals surface area contributed by atoms with Gasteiger partial charge in [0.2, 0.25) is 0 Å². The van der Waals surface area contributed by atoms with Crippen LogP contribution in [-0.2, 0) is 16.0 Å². The number of aromatic amines is 1. The molecule has 10 heteroatoms. The van der Waals surface area contributed by atoms with Gasteiger partial charge in [-0.05, 0) is 36.8 Å². The number of halogens is 4. The number of carbonyl (C=O) groups excluding carboxylic acids is 1. The fraction of sp³-hybridized carbons (Fsp3) is 0.150. The minimum absolute atomic E-state index is 0.00254. The highest BCUT2D eigenvalue weighted by atomic mass is 32.2. The summed E-state index contributed by atoms with van der Waals surface area (Å²) in [5.74, 6) is -1.72. The van der Waals surface area contributed by atoms with Gasteiger partial charge in [0.25, 0.3) is 5.91 Å². The lowest BCUT2D eigenvalue weighted by Gasteiger charge is -2.12. The Bertz CT molecular complexity index is 1230. The Balaban J connectivity index is 1.92. The Kier molecular flexibility index (Phi) is 5.46. The van der Waals surface area contributed by atoms with Crippen molar-refractivity contribution < 1.29 is 30.8 Å². The molecule has 30 heavy (non-hydrogen) atoms. The third-order valence-corrected chi connectivity index (χ3v) is 5.61. The van der Waals surface area contributed by atoms with Gasteiger partial charge in [-0.2, -0.15) is 13.2 Å². The maximum Gasteiger partial charge on any atom is 0.417 e. The van der Waals surface area contributed by atoms with Gasteiger partial charge in [0.1, 0.15) is 10.7 Å². The van der Waals surface area contributed by atoms with E-state index in [1.165, 1.54) is 37.4 Å². The Morgan fingerprint density at radius 3 is 2.37 bits per heavy atom. The SMILES string of the molecule is Cc1c(C(=O)Nc2ccc(S(C)(=O)=O)c(F)c2)c[nH]c1-c1ccccc1C(F)(F)F. The zero-order valence-corrected chi connectivity index (χ0v) is 16.6. The number of benzene rings is 2. The predicted octanol–water partition coefficient (Wildman–Crippen LogP) is 4.80. The molecule has 0 radical (unpaired) electrons. The molecular weight excluding hydrogens is 424 g/mol. The summed E-state index contributed by atoms with van der Waals surface area (Å²) in [5.41, 5.74) is -0.480. The molecule has 0 spiro atoms. The standard InChI is InChI=1S/C20H16F4N2O3S/c1-11-14(10-25-18(11)13-5-3-4-6-15(13)20(22,23)24)19(27)26-12-7-8-17(16(21)9-12)30(2,28)29/h3-10,25H,1-2H3,(H,26,27). The van der Waals surface area contributed by atoms with Gasteiger partial charge >= 0.3 is 6.18 Å². The van der Waals surface area contributed by atoms with E-state index in [1.807, 2.05) is 0 Å². The van der Waals surface area contributed by atoms with E-state index >= 15 is 0 Å². The summed E-state index contributed by atoms with van der Waals surface area (Å²) in [6, 6.07) is 8.07. The zero-order valence-electron chi connectivity index (χ0n) is 15.8. The van der Waals surface area contributed by atoms with Crippen LogP contribution in [-0.4, -0.2) is 25.6 Å². The number of H-pyrrole nitrogens is 1. The van der Waals surface area contributed by atoms with Crippen LogP contribution in [0.1, 0.15) is 21.5 Å². The lowest BCUT2D eigenvalue weighted by Crippen LogP contribution is -2.13. The molecule has 0 atom stereocenters. The zero-order chi connectivity index (χ0) is 22.3. The molecule has 0 aliphatic rings. The number of aromatic nitrogens is 1. The highest BCUT2D eigenvalue weighted by Gasteiger charge is 2.34. The summed E-state index contributed by atoms with van der Waals surface area (Å²) < 4.78 is 76.9. The minimum atomic E-state index is -4.57. The van der Waals surface area contributed by atoms with E-state index in [-0.39, 0.29) is 28.1 Å². The van der Waals surface area contributed by atoms with E-state index in [9.17, 15) is 30.8 Å². The van der Waals surface area contributed by atoms with Gasteiger partial charge < -0.3 is 10.3 Å². The molecule has 0 aliphatic carbocycles.